The fourth-order valence-corrected chi connectivity index (χ4v) is 0.892. The highest BCUT2D eigenvalue weighted by Crippen LogP contribution is 1.90. The second-order valence-corrected chi connectivity index (χ2v) is 2.61. The Labute approximate surface area is 84.6 Å². The molecular weight excluding hydrogens is 200 g/mol. The molecule has 0 aliphatic rings. The highest BCUT2D eigenvalue weighted by atomic mass is 16.5. The average molecular weight is 210 g/mol. The van der Waals surface area contributed by atoms with Crippen LogP contribution in [0.3, 0.4) is 0 Å². The van der Waals surface area contributed by atoms with Crippen molar-refractivity contribution in [2.75, 3.05) is 6.61 Å². The monoisotopic (exact) mass is 210 g/mol. The third kappa shape index (κ3) is 3.26. The van der Waals surface area contributed by atoms with Crippen molar-refractivity contribution in [1.82, 2.24) is 9.97 Å². The summed E-state index contributed by atoms with van der Waals surface area (Å²) in [7, 11) is 0. The summed E-state index contributed by atoms with van der Waals surface area (Å²) in [5.41, 5.74) is -0.963. The van der Waals surface area contributed by atoms with Gasteiger partial charge in [-0.1, -0.05) is 0 Å². The summed E-state index contributed by atoms with van der Waals surface area (Å²) in [4.78, 5) is 37.0. The van der Waals surface area contributed by atoms with Gasteiger partial charge >= 0.3 is 11.7 Å². The minimum atomic E-state index is -0.590. The average Bonchev–Trinajstić information content (AvgIpc) is 2.17. The van der Waals surface area contributed by atoms with Crippen LogP contribution in [0.5, 0.6) is 0 Å². The van der Waals surface area contributed by atoms with Crippen molar-refractivity contribution in [1.29, 1.82) is 0 Å². The van der Waals surface area contributed by atoms with E-state index in [-0.39, 0.29) is 12.2 Å². The van der Waals surface area contributed by atoms with Gasteiger partial charge in [0.1, 0.15) is 0 Å². The number of hydrogen-bond acceptors (Lipinski definition) is 4. The third-order valence-corrected chi connectivity index (χ3v) is 1.53. The molecule has 15 heavy (non-hydrogen) atoms. The highest BCUT2D eigenvalue weighted by molar-refractivity contribution is 5.86. The molecule has 0 unspecified atom stereocenters. The van der Waals surface area contributed by atoms with E-state index in [1.165, 1.54) is 12.3 Å². The fourth-order valence-electron chi connectivity index (χ4n) is 0.892. The summed E-state index contributed by atoms with van der Waals surface area (Å²) in [6, 6.07) is 0. The summed E-state index contributed by atoms with van der Waals surface area (Å²) < 4.78 is 4.62. The molecule has 0 spiro atoms. The molecule has 0 aliphatic carbocycles. The molecule has 0 saturated carbocycles. The molecule has 0 atom stereocenters. The lowest BCUT2D eigenvalue weighted by Gasteiger charge is -1.94. The Morgan fingerprint density at radius 2 is 2.27 bits per heavy atom. The summed E-state index contributed by atoms with van der Waals surface area (Å²) in [5.74, 6) is -0.539. The van der Waals surface area contributed by atoms with E-state index in [1.54, 1.807) is 6.92 Å². The van der Waals surface area contributed by atoms with E-state index in [9.17, 15) is 14.4 Å². The number of ether oxygens (including phenoxy) is 1. The van der Waals surface area contributed by atoms with Gasteiger partial charge in [-0.25, -0.2) is 9.59 Å². The molecule has 2 N–H and O–H groups in total. The molecule has 0 bridgehead atoms. The first-order valence-corrected chi connectivity index (χ1v) is 4.30. The van der Waals surface area contributed by atoms with Crippen molar-refractivity contribution >= 4 is 12.0 Å². The van der Waals surface area contributed by atoms with E-state index in [1.807, 2.05) is 4.98 Å². The van der Waals surface area contributed by atoms with Gasteiger partial charge in [0.15, 0.2) is 0 Å². The molecule has 0 aliphatic heterocycles. The number of rotatable bonds is 3. The lowest BCUT2D eigenvalue weighted by Crippen LogP contribution is -2.22. The Hall–Kier alpha value is -2.11. The van der Waals surface area contributed by atoms with Gasteiger partial charge in [0.25, 0.3) is 5.56 Å². The van der Waals surface area contributed by atoms with Crippen molar-refractivity contribution in [2.45, 2.75) is 6.92 Å². The number of carbonyl (C=O) groups is 1. The van der Waals surface area contributed by atoms with Crippen LogP contribution < -0.4 is 11.2 Å². The first-order chi connectivity index (χ1) is 7.13. The normalized spacial score (nSPS) is 10.5. The minimum absolute atomic E-state index is 0.183. The third-order valence-electron chi connectivity index (χ3n) is 1.53. The van der Waals surface area contributed by atoms with Gasteiger partial charge in [-0.15, -0.1) is 0 Å². The van der Waals surface area contributed by atoms with Crippen molar-refractivity contribution < 1.29 is 9.53 Å². The van der Waals surface area contributed by atoms with Gasteiger partial charge < -0.3 is 9.72 Å². The molecule has 0 saturated heterocycles. The predicted molar refractivity (Wildman–Crippen MR) is 53.4 cm³/mol. The van der Waals surface area contributed by atoms with Crippen LogP contribution in [0.4, 0.5) is 0 Å². The topological polar surface area (TPSA) is 92.0 Å². The Kier molecular flexibility index (Phi) is 3.61. The van der Waals surface area contributed by atoms with Crippen molar-refractivity contribution in [3.05, 3.63) is 38.7 Å². The Morgan fingerprint density at radius 1 is 1.53 bits per heavy atom. The van der Waals surface area contributed by atoms with Gasteiger partial charge in [-0.2, -0.15) is 0 Å². The molecule has 6 nitrogen and oxygen atoms in total. The van der Waals surface area contributed by atoms with E-state index in [2.05, 4.69) is 9.72 Å². The molecule has 1 heterocycles. The zero-order chi connectivity index (χ0) is 11.3. The van der Waals surface area contributed by atoms with Gasteiger partial charge in [0.2, 0.25) is 0 Å². The number of aromatic nitrogens is 2. The Balaban J connectivity index is 2.86. The molecule has 0 radical (unpaired) electrons. The van der Waals surface area contributed by atoms with Crippen LogP contribution >= 0.6 is 0 Å². The van der Waals surface area contributed by atoms with Gasteiger partial charge in [-0.3, -0.25) is 9.78 Å². The van der Waals surface area contributed by atoms with Gasteiger partial charge in [0.05, 0.1) is 12.2 Å². The molecule has 6 heteroatoms. The van der Waals surface area contributed by atoms with Crippen LogP contribution in [0.1, 0.15) is 12.5 Å². The maximum Gasteiger partial charge on any atom is 0.330 e. The van der Waals surface area contributed by atoms with Crippen LogP contribution in [-0.2, 0) is 9.53 Å². The SMILES string of the molecule is CCOC(=O)C=Cc1c[nH]c(=O)[nH]c1=O. The first-order valence-electron chi connectivity index (χ1n) is 4.30. The summed E-state index contributed by atoms with van der Waals surface area (Å²) >= 11 is 0. The maximum absolute atomic E-state index is 11.1. The van der Waals surface area contributed by atoms with Crippen LogP contribution in [0.15, 0.2) is 21.9 Å². The summed E-state index contributed by atoms with van der Waals surface area (Å²) in [6.45, 7) is 1.95. The van der Waals surface area contributed by atoms with Crippen LogP contribution in [0, 0.1) is 0 Å². The Morgan fingerprint density at radius 3 is 2.87 bits per heavy atom. The standard InChI is InChI=1S/C9H10N2O4/c1-2-15-7(12)4-3-6-5-10-9(14)11-8(6)13/h3-5H,2H2,1H3,(H2,10,11,13,14). The molecule has 1 rings (SSSR count). The second-order valence-electron chi connectivity index (χ2n) is 2.61. The van der Waals surface area contributed by atoms with Crippen LogP contribution in [-0.4, -0.2) is 22.5 Å². The highest BCUT2D eigenvalue weighted by Gasteiger charge is 1.97. The number of nitrogens with one attached hydrogen (secondary N) is 2. The molecule has 0 aromatic carbocycles. The number of carbonyl (C=O) groups excluding carboxylic acids is 1. The second kappa shape index (κ2) is 4.94. The van der Waals surface area contributed by atoms with E-state index in [4.69, 9.17) is 0 Å². The number of H-pyrrole nitrogens is 2. The van der Waals surface area contributed by atoms with Crippen LogP contribution in [0.2, 0.25) is 0 Å². The first kappa shape index (κ1) is 11.0. The fraction of sp³-hybridized carbons (Fsp3) is 0.222. The number of esters is 1. The van der Waals surface area contributed by atoms with Crippen molar-refractivity contribution in [3.63, 3.8) is 0 Å². The zero-order valence-electron chi connectivity index (χ0n) is 8.07. The lowest BCUT2D eigenvalue weighted by molar-refractivity contribution is -0.137. The lowest BCUT2D eigenvalue weighted by atomic mass is 10.3. The van der Waals surface area contributed by atoms with Crippen molar-refractivity contribution in [3.8, 4) is 0 Å². The smallest absolute Gasteiger partial charge is 0.330 e. The molecule has 0 amide bonds. The van der Waals surface area contributed by atoms with Gasteiger partial charge in [-0.05, 0) is 13.0 Å². The van der Waals surface area contributed by atoms with E-state index in [0.717, 1.165) is 6.08 Å². The maximum atomic E-state index is 11.1. The van der Waals surface area contributed by atoms with E-state index in [0.29, 0.717) is 0 Å². The molecule has 0 fully saturated rings. The predicted octanol–water partition coefficient (Wildman–Crippen LogP) is -0.360. The van der Waals surface area contributed by atoms with E-state index < -0.39 is 17.2 Å². The molecule has 80 valence electrons. The summed E-state index contributed by atoms with van der Waals surface area (Å²) in [6.07, 6.45) is 3.61. The number of aromatic amines is 2. The molecule has 1 aromatic heterocycles. The number of hydrogen-bond donors (Lipinski definition) is 2. The largest absolute Gasteiger partial charge is 0.463 e. The summed E-state index contributed by atoms with van der Waals surface area (Å²) in [5, 5.41) is 0. The van der Waals surface area contributed by atoms with Gasteiger partial charge in [0, 0.05) is 12.3 Å². The van der Waals surface area contributed by atoms with E-state index >= 15 is 0 Å². The Bertz CT molecular complexity index is 483. The molecular formula is C9H10N2O4. The minimum Gasteiger partial charge on any atom is -0.463 e. The zero-order valence-corrected chi connectivity index (χ0v) is 8.07. The van der Waals surface area contributed by atoms with Crippen molar-refractivity contribution in [2.24, 2.45) is 0 Å². The van der Waals surface area contributed by atoms with Crippen LogP contribution in [0.25, 0.3) is 6.08 Å². The quantitative estimate of drug-likeness (QED) is 0.526. The molecule has 1 aromatic rings.